The summed E-state index contributed by atoms with van der Waals surface area (Å²) in [5.74, 6) is -1.02. The van der Waals surface area contributed by atoms with Gasteiger partial charge in [-0.15, -0.1) is 11.3 Å². The molecule has 2 rings (SSSR count). The average molecular weight is 286 g/mol. The van der Waals surface area contributed by atoms with Crippen LogP contribution < -0.4 is 4.72 Å². The summed E-state index contributed by atoms with van der Waals surface area (Å²) in [7, 11) is -3.76. The van der Waals surface area contributed by atoms with E-state index in [4.69, 9.17) is 0 Å². The van der Waals surface area contributed by atoms with Gasteiger partial charge < -0.3 is 4.52 Å². The topological polar surface area (TPSA) is 89.3 Å². The summed E-state index contributed by atoms with van der Waals surface area (Å²) < 4.78 is 29.9. The third kappa shape index (κ3) is 3.17. The maximum atomic E-state index is 11.7. The Morgan fingerprint density at radius 3 is 2.78 bits per heavy atom. The third-order valence-corrected chi connectivity index (χ3v) is 4.21. The quantitative estimate of drug-likeness (QED) is 0.915. The second-order valence-electron chi connectivity index (χ2n) is 3.59. The number of amides is 1. The van der Waals surface area contributed by atoms with Crippen molar-refractivity contribution < 1.29 is 17.7 Å². The molecule has 0 saturated carbocycles. The Labute approximate surface area is 108 Å². The lowest BCUT2D eigenvalue weighted by atomic mass is 10.4. The number of thiophene rings is 1. The van der Waals surface area contributed by atoms with Crippen molar-refractivity contribution in [1.29, 1.82) is 0 Å². The maximum Gasteiger partial charge on any atom is 0.274 e. The van der Waals surface area contributed by atoms with Crippen molar-refractivity contribution >= 4 is 27.3 Å². The van der Waals surface area contributed by atoms with Crippen molar-refractivity contribution in [3.8, 4) is 0 Å². The Kier molecular flexibility index (Phi) is 3.48. The van der Waals surface area contributed by atoms with Gasteiger partial charge in [-0.3, -0.25) is 4.79 Å². The van der Waals surface area contributed by atoms with Gasteiger partial charge >= 0.3 is 0 Å². The molecule has 0 aliphatic carbocycles. The number of aryl methyl sites for hydroxylation is 1. The fourth-order valence-electron chi connectivity index (χ4n) is 1.29. The van der Waals surface area contributed by atoms with Gasteiger partial charge in [-0.2, -0.15) is 0 Å². The number of aromatic nitrogens is 1. The molecule has 18 heavy (non-hydrogen) atoms. The summed E-state index contributed by atoms with van der Waals surface area (Å²) in [4.78, 5) is 13.0. The van der Waals surface area contributed by atoms with Crippen LogP contribution in [-0.2, 0) is 15.8 Å². The molecule has 1 amide bonds. The Morgan fingerprint density at radius 2 is 2.22 bits per heavy atom. The van der Waals surface area contributed by atoms with Crippen molar-refractivity contribution in [3.05, 3.63) is 39.9 Å². The Morgan fingerprint density at radius 1 is 1.44 bits per heavy atom. The highest BCUT2D eigenvalue weighted by atomic mass is 32.2. The second kappa shape index (κ2) is 4.91. The molecule has 1 N–H and O–H groups in total. The maximum absolute atomic E-state index is 11.7. The first-order valence-corrected chi connectivity index (χ1v) is 7.44. The lowest BCUT2D eigenvalue weighted by Crippen LogP contribution is -2.31. The molecule has 0 spiro atoms. The van der Waals surface area contributed by atoms with Crippen LogP contribution in [0.1, 0.15) is 20.2 Å². The minimum absolute atomic E-state index is 0.248. The van der Waals surface area contributed by atoms with E-state index in [0.29, 0.717) is 4.88 Å². The van der Waals surface area contributed by atoms with Crippen LogP contribution >= 0.6 is 11.3 Å². The van der Waals surface area contributed by atoms with E-state index in [9.17, 15) is 13.2 Å². The molecule has 0 aromatic carbocycles. The molecule has 0 radical (unpaired) electrons. The molecule has 2 heterocycles. The smallest absolute Gasteiger partial charge is 0.274 e. The van der Waals surface area contributed by atoms with Gasteiger partial charge in [-0.05, 0) is 19.1 Å². The first-order chi connectivity index (χ1) is 8.46. The zero-order chi connectivity index (χ0) is 13.2. The first kappa shape index (κ1) is 12.8. The van der Waals surface area contributed by atoms with E-state index in [1.165, 1.54) is 23.7 Å². The molecule has 2 aromatic rings. The molecular formula is C10H10N2O4S2. The SMILES string of the molecule is Cc1ccc(C(=O)NS(=O)(=O)Cc2ccon2)s1. The van der Waals surface area contributed by atoms with E-state index in [1.807, 2.05) is 11.6 Å². The van der Waals surface area contributed by atoms with Gasteiger partial charge in [0.15, 0.2) is 0 Å². The van der Waals surface area contributed by atoms with Gasteiger partial charge in [0, 0.05) is 10.9 Å². The third-order valence-electron chi connectivity index (χ3n) is 2.04. The van der Waals surface area contributed by atoms with E-state index < -0.39 is 15.9 Å². The van der Waals surface area contributed by atoms with Crippen LogP contribution in [0.2, 0.25) is 0 Å². The zero-order valence-electron chi connectivity index (χ0n) is 9.41. The number of nitrogens with zero attached hydrogens (tertiary/aromatic N) is 1. The number of carbonyl (C=O) groups excluding carboxylic acids is 1. The van der Waals surface area contributed by atoms with Gasteiger partial charge in [-0.25, -0.2) is 13.1 Å². The molecular weight excluding hydrogens is 276 g/mol. The molecule has 0 saturated heterocycles. The van der Waals surface area contributed by atoms with Crippen molar-refractivity contribution in [1.82, 2.24) is 9.88 Å². The van der Waals surface area contributed by atoms with E-state index in [2.05, 4.69) is 9.68 Å². The van der Waals surface area contributed by atoms with Crippen molar-refractivity contribution in [2.24, 2.45) is 0 Å². The number of sulfonamides is 1. The number of hydrogen-bond acceptors (Lipinski definition) is 6. The highest BCUT2D eigenvalue weighted by Gasteiger charge is 2.19. The lowest BCUT2D eigenvalue weighted by Gasteiger charge is -2.03. The monoisotopic (exact) mass is 286 g/mol. The summed E-state index contributed by atoms with van der Waals surface area (Å²) in [6, 6.07) is 4.77. The van der Waals surface area contributed by atoms with Crippen molar-refractivity contribution in [3.63, 3.8) is 0 Å². The minimum Gasteiger partial charge on any atom is -0.364 e. The van der Waals surface area contributed by atoms with Crippen LogP contribution in [-0.4, -0.2) is 19.5 Å². The van der Waals surface area contributed by atoms with Gasteiger partial charge in [0.05, 0.1) is 4.88 Å². The van der Waals surface area contributed by atoms with Crippen LogP contribution in [0.4, 0.5) is 0 Å². The van der Waals surface area contributed by atoms with E-state index >= 15 is 0 Å². The molecule has 0 aliphatic heterocycles. The normalized spacial score (nSPS) is 11.4. The van der Waals surface area contributed by atoms with E-state index in [-0.39, 0.29) is 11.4 Å². The fourth-order valence-corrected chi connectivity index (χ4v) is 3.12. The Balaban J connectivity index is 2.06. The molecule has 0 aliphatic rings. The summed E-state index contributed by atoms with van der Waals surface area (Å²) in [6.45, 7) is 1.84. The Bertz CT molecular complexity index is 643. The van der Waals surface area contributed by atoms with Crippen molar-refractivity contribution in [2.75, 3.05) is 0 Å². The van der Waals surface area contributed by atoms with Gasteiger partial charge in [0.1, 0.15) is 17.7 Å². The molecule has 6 nitrogen and oxygen atoms in total. The molecule has 2 aromatic heterocycles. The van der Waals surface area contributed by atoms with Crippen LogP contribution in [0.5, 0.6) is 0 Å². The number of hydrogen-bond donors (Lipinski definition) is 1. The molecule has 0 unspecified atom stereocenters. The van der Waals surface area contributed by atoms with Gasteiger partial charge in [0.2, 0.25) is 10.0 Å². The summed E-state index contributed by atoms with van der Waals surface area (Å²) in [5, 5.41) is 3.48. The standard InChI is InChI=1S/C10H10N2O4S2/c1-7-2-3-9(17-7)10(13)12-18(14,15)6-8-4-5-16-11-8/h2-5H,6H2,1H3,(H,12,13). The summed E-state index contributed by atoms with van der Waals surface area (Å²) in [5.41, 5.74) is 0.248. The average Bonchev–Trinajstić information content (AvgIpc) is 2.87. The van der Waals surface area contributed by atoms with Gasteiger partial charge in [-0.1, -0.05) is 5.16 Å². The predicted octanol–water partition coefficient (Wildman–Crippen LogP) is 1.30. The first-order valence-electron chi connectivity index (χ1n) is 4.97. The largest absolute Gasteiger partial charge is 0.364 e. The number of nitrogens with one attached hydrogen (secondary N) is 1. The molecule has 96 valence electrons. The van der Waals surface area contributed by atoms with Crippen LogP contribution in [0.15, 0.2) is 29.0 Å². The van der Waals surface area contributed by atoms with E-state index in [0.717, 1.165) is 4.88 Å². The molecule has 0 atom stereocenters. The summed E-state index contributed by atoms with van der Waals surface area (Å²) >= 11 is 1.23. The number of carbonyl (C=O) groups is 1. The zero-order valence-corrected chi connectivity index (χ0v) is 11.0. The van der Waals surface area contributed by atoms with Crippen molar-refractivity contribution in [2.45, 2.75) is 12.7 Å². The second-order valence-corrected chi connectivity index (χ2v) is 6.60. The minimum atomic E-state index is -3.76. The van der Waals surface area contributed by atoms with Crippen LogP contribution in [0, 0.1) is 6.92 Å². The molecule has 0 fully saturated rings. The highest BCUT2D eigenvalue weighted by molar-refractivity contribution is 7.89. The van der Waals surface area contributed by atoms with Crippen LogP contribution in [0.25, 0.3) is 0 Å². The molecule has 8 heteroatoms. The molecule has 0 bridgehead atoms. The summed E-state index contributed by atoms with van der Waals surface area (Å²) in [6.07, 6.45) is 1.27. The fraction of sp³-hybridized carbons (Fsp3) is 0.200. The lowest BCUT2D eigenvalue weighted by molar-refractivity contribution is 0.0985. The number of rotatable bonds is 4. The van der Waals surface area contributed by atoms with Gasteiger partial charge in [0.25, 0.3) is 5.91 Å². The van der Waals surface area contributed by atoms with E-state index in [1.54, 1.807) is 12.1 Å². The Hall–Kier alpha value is -1.67. The van der Waals surface area contributed by atoms with Crippen LogP contribution in [0.3, 0.4) is 0 Å². The highest BCUT2D eigenvalue weighted by Crippen LogP contribution is 2.15. The predicted molar refractivity (Wildman–Crippen MR) is 65.6 cm³/mol.